The molecule has 0 aromatic heterocycles. The highest BCUT2D eigenvalue weighted by molar-refractivity contribution is 5.71. The van der Waals surface area contributed by atoms with E-state index < -0.39 is 6.10 Å². The van der Waals surface area contributed by atoms with Crippen molar-refractivity contribution in [2.75, 3.05) is 13.2 Å². The van der Waals surface area contributed by atoms with Gasteiger partial charge in [0.25, 0.3) is 0 Å². The van der Waals surface area contributed by atoms with E-state index in [4.69, 9.17) is 14.2 Å². The number of carbonyl (C=O) groups is 3. The number of unbranched alkanes of at least 4 members (excludes halogenated alkanes) is 33. The lowest BCUT2D eigenvalue weighted by molar-refractivity contribution is -0.167. The largest absolute Gasteiger partial charge is 0.462 e. The van der Waals surface area contributed by atoms with Crippen molar-refractivity contribution >= 4 is 17.9 Å². The van der Waals surface area contributed by atoms with Gasteiger partial charge in [-0.15, -0.1) is 0 Å². The first-order valence-corrected chi connectivity index (χ1v) is 26.3. The minimum atomic E-state index is -0.773. The van der Waals surface area contributed by atoms with E-state index in [1.807, 2.05) is 0 Å². The number of allylic oxidation sites excluding steroid dienone is 4. The van der Waals surface area contributed by atoms with Crippen molar-refractivity contribution in [1.82, 2.24) is 0 Å². The van der Waals surface area contributed by atoms with Crippen molar-refractivity contribution in [3.63, 3.8) is 0 Å². The predicted molar refractivity (Wildman–Crippen MR) is 256 cm³/mol. The van der Waals surface area contributed by atoms with E-state index in [1.165, 1.54) is 173 Å². The highest BCUT2D eigenvalue weighted by atomic mass is 16.6. The Balaban J connectivity index is 4.34. The molecule has 0 aliphatic rings. The fourth-order valence-electron chi connectivity index (χ4n) is 7.67. The third-order valence-corrected chi connectivity index (χ3v) is 11.7. The van der Waals surface area contributed by atoms with Gasteiger partial charge in [0.15, 0.2) is 6.10 Å². The van der Waals surface area contributed by atoms with Crippen LogP contribution < -0.4 is 0 Å². The highest BCUT2D eigenvalue weighted by Gasteiger charge is 2.19. The molecule has 0 amide bonds. The van der Waals surface area contributed by atoms with Gasteiger partial charge in [-0.3, -0.25) is 14.4 Å². The van der Waals surface area contributed by atoms with E-state index in [0.717, 1.165) is 70.6 Å². The second-order valence-electron chi connectivity index (χ2n) is 17.8. The second-order valence-corrected chi connectivity index (χ2v) is 17.8. The molecular formula is C54H100O6. The van der Waals surface area contributed by atoms with Crippen LogP contribution in [0.15, 0.2) is 24.3 Å². The normalized spacial score (nSPS) is 12.1. The Bertz CT molecular complexity index is 973. The number of esters is 3. The number of rotatable bonds is 48. The Morgan fingerprint density at radius 2 is 0.550 bits per heavy atom. The summed E-state index contributed by atoms with van der Waals surface area (Å²) in [7, 11) is 0. The van der Waals surface area contributed by atoms with Crippen molar-refractivity contribution in [2.24, 2.45) is 0 Å². The van der Waals surface area contributed by atoms with E-state index in [-0.39, 0.29) is 31.1 Å². The van der Waals surface area contributed by atoms with E-state index in [0.29, 0.717) is 19.3 Å². The third-order valence-electron chi connectivity index (χ3n) is 11.7. The summed E-state index contributed by atoms with van der Waals surface area (Å²) in [6, 6.07) is 0. The summed E-state index contributed by atoms with van der Waals surface area (Å²) in [5.74, 6) is -0.878. The second kappa shape index (κ2) is 49.5. The molecule has 6 heteroatoms. The number of ether oxygens (including phenoxy) is 3. The average molecular weight is 845 g/mol. The minimum Gasteiger partial charge on any atom is -0.462 e. The van der Waals surface area contributed by atoms with Gasteiger partial charge in [0.1, 0.15) is 13.2 Å². The van der Waals surface area contributed by atoms with Crippen LogP contribution in [0.4, 0.5) is 0 Å². The molecule has 0 aromatic rings. The molecule has 0 unspecified atom stereocenters. The van der Waals surface area contributed by atoms with Gasteiger partial charge >= 0.3 is 17.9 Å². The first-order chi connectivity index (χ1) is 29.5. The number of carbonyl (C=O) groups excluding carboxylic acids is 3. The van der Waals surface area contributed by atoms with E-state index in [9.17, 15) is 14.4 Å². The van der Waals surface area contributed by atoms with Gasteiger partial charge in [0.2, 0.25) is 0 Å². The molecule has 0 bridgehead atoms. The van der Waals surface area contributed by atoms with Crippen molar-refractivity contribution in [3.05, 3.63) is 24.3 Å². The summed E-state index contributed by atoms with van der Waals surface area (Å²) in [5, 5.41) is 0. The molecule has 0 saturated carbocycles. The Labute approximate surface area is 373 Å². The Kier molecular flexibility index (Phi) is 47.8. The van der Waals surface area contributed by atoms with Crippen molar-refractivity contribution in [2.45, 2.75) is 290 Å². The predicted octanol–water partition coefficient (Wildman–Crippen LogP) is 17.2. The van der Waals surface area contributed by atoms with Crippen LogP contribution in [0.3, 0.4) is 0 Å². The summed E-state index contributed by atoms with van der Waals surface area (Å²) in [5.41, 5.74) is 0. The van der Waals surface area contributed by atoms with E-state index >= 15 is 0 Å². The van der Waals surface area contributed by atoms with Gasteiger partial charge < -0.3 is 14.2 Å². The summed E-state index contributed by atoms with van der Waals surface area (Å²) in [4.78, 5) is 37.9. The molecule has 0 rings (SSSR count). The maximum Gasteiger partial charge on any atom is 0.306 e. The lowest BCUT2D eigenvalue weighted by Crippen LogP contribution is -2.30. The summed E-state index contributed by atoms with van der Waals surface area (Å²) in [6.45, 7) is 6.62. The molecule has 352 valence electrons. The molecule has 0 aliphatic carbocycles. The van der Waals surface area contributed by atoms with E-state index in [2.05, 4.69) is 45.1 Å². The van der Waals surface area contributed by atoms with Crippen LogP contribution in [0.2, 0.25) is 0 Å². The third kappa shape index (κ3) is 46.9. The quantitative estimate of drug-likeness (QED) is 0.0263. The molecule has 1 atom stereocenters. The smallest absolute Gasteiger partial charge is 0.306 e. The zero-order valence-corrected chi connectivity index (χ0v) is 40.2. The molecule has 0 saturated heterocycles. The van der Waals surface area contributed by atoms with Gasteiger partial charge in [-0.05, 0) is 70.6 Å². The first-order valence-electron chi connectivity index (χ1n) is 26.3. The van der Waals surface area contributed by atoms with Crippen LogP contribution >= 0.6 is 0 Å². The highest BCUT2D eigenvalue weighted by Crippen LogP contribution is 2.16. The fraction of sp³-hybridized carbons (Fsp3) is 0.870. The van der Waals surface area contributed by atoms with Gasteiger partial charge in [-0.2, -0.15) is 0 Å². The summed E-state index contributed by atoms with van der Waals surface area (Å²) < 4.78 is 16.8. The Hall–Kier alpha value is -2.11. The average Bonchev–Trinajstić information content (AvgIpc) is 3.24. The minimum absolute atomic E-state index is 0.0734. The zero-order chi connectivity index (χ0) is 43.7. The Morgan fingerprint density at radius 3 is 0.850 bits per heavy atom. The molecule has 60 heavy (non-hydrogen) atoms. The standard InChI is InChI=1S/C54H100O6/c1-4-7-10-13-16-19-22-25-26-27-30-32-35-38-41-44-47-53(56)59-50-51(60-54(57)48-45-42-39-36-33-29-24-21-18-15-12-9-6-3)49-58-52(55)46-43-40-37-34-31-28-23-20-17-14-11-8-5-2/h20-21,23-24,51H,4-19,22,25-50H2,1-3H3/b23-20-,24-21-/t51-/m1/s1. The van der Waals surface area contributed by atoms with Crippen molar-refractivity contribution in [3.8, 4) is 0 Å². The molecular weight excluding hydrogens is 745 g/mol. The molecule has 0 aromatic carbocycles. The molecule has 0 N–H and O–H groups in total. The monoisotopic (exact) mass is 845 g/mol. The van der Waals surface area contributed by atoms with Gasteiger partial charge in [-0.25, -0.2) is 0 Å². The molecule has 0 aliphatic heterocycles. The lowest BCUT2D eigenvalue weighted by Gasteiger charge is -2.18. The lowest BCUT2D eigenvalue weighted by atomic mass is 10.0. The summed E-state index contributed by atoms with van der Waals surface area (Å²) >= 11 is 0. The zero-order valence-electron chi connectivity index (χ0n) is 40.2. The van der Waals surface area contributed by atoms with Crippen LogP contribution in [0.25, 0.3) is 0 Å². The van der Waals surface area contributed by atoms with Crippen LogP contribution in [-0.2, 0) is 28.6 Å². The topological polar surface area (TPSA) is 78.9 Å². The van der Waals surface area contributed by atoms with Gasteiger partial charge in [-0.1, -0.05) is 218 Å². The van der Waals surface area contributed by atoms with Crippen molar-refractivity contribution < 1.29 is 28.6 Å². The fourth-order valence-corrected chi connectivity index (χ4v) is 7.67. The number of hydrogen-bond donors (Lipinski definition) is 0. The van der Waals surface area contributed by atoms with Gasteiger partial charge in [0, 0.05) is 19.3 Å². The summed E-state index contributed by atoms with van der Waals surface area (Å²) in [6.07, 6.45) is 55.8. The van der Waals surface area contributed by atoms with Crippen LogP contribution in [0.1, 0.15) is 284 Å². The molecule has 0 heterocycles. The molecule has 6 nitrogen and oxygen atoms in total. The van der Waals surface area contributed by atoms with Crippen molar-refractivity contribution in [1.29, 1.82) is 0 Å². The molecule has 0 radical (unpaired) electrons. The number of hydrogen-bond acceptors (Lipinski definition) is 6. The first kappa shape index (κ1) is 57.9. The van der Waals surface area contributed by atoms with E-state index in [1.54, 1.807) is 0 Å². The molecule has 0 fully saturated rings. The van der Waals surface area contributed by atoms with Gasteiger partial charge in [0.05, 0.1) is 0 Å². The molecule has 0 spiro atoms. The maximum atomic E-state index is 12.8. The van der Waals surface area contributed by atoms with Crippen LogP contribution in [0, 0.1) is 0 Å². The van der Waals surface area contributed by atoms with Crippen LogP contribution in [-0.4, -0.2) is 37.2 Å². The Morgan fingerprint density at radius 1 is 0.317 bits per heavy atom. The SMILES string of the molecule is CCCCCC/C=C\CCCCCCCC(=O)OC[C@H](COC(=O)CCCCCCCCCCCCCCCCCC)OC(=O)CCCCCCC/C=C\CCCCCC. The van der Waals surface area contributed by atoms with Crippen LogP contribution in [0.5, 0.6) is 0 Å². The maximum absolute atomic E-state index is 12.8.